The summed E-state index contributed by atoms with van der Waals surface area (Å²) in [6, 6.07) is 16.1. The minimum absolute atomic E-state index is 0.0532. The van der Waals surface area contributed by atoms with Crippen LogP contribution in [0.5, 0.6) is 0 Å². The largest absolute Gasteiger partial charge is 0.378 e. The first-order valence-corrected chi connectivity index (χ1v) is 12.8. The van der Waals surface area contributed by atoms with Crippen molar-refractivity contribution < 1.29 is 14.3 Å². The van der Waals surface area contributed by atoms with E-state index in [1.54, 1.807) is 6.08 Å². The lowest BCUT2D eigenvalue weighted by molar-refractivity contribution is -0.122. The summed E-state index contributed by atoms with van der Waals surface area (Å²) in [5, 5.41) is 2.78. The molecule has 2 amide bonds. The average Bonchev–Trinajstić information content (AvgIpc) is 3.17. The number of anilines is 2. The number of hydrogen-bond acceptors (Lipinski definition) is 5. The Morgan fingerprint density at radius 2 is 1.62 bits per heavy atom. The highest BCUT2D eigenvalue weighted by molar-refractivity contribution is 7.80. The summed E-state index contributed by atoms with van der Waals surface area (Å²) in [6.45, 7) is 11.2. The van der Waals surface area contributed by atoms with Crippen molar-refractivity contribution >= 4 is 46.6 Å². The van der Waals surface area contributed by atoms with E-state index in [-0.39, 0.29) is 10.7 Å². The molecule has 2 aliphatic heterocycles. The molecule has 2 aliphatic rings. The molecule has 5 rings (SSSR count). The maximum Gasteiger partial charge on any atom is 0.270 e. The maximum atomic E-state index is 13.6. The van der Waals surface area contributed by atoms with Crippen LogP contribution in [0.2, 0.25) is 0 Å². The number of rotatable bonds is 4. The molecule has 1 N–H and O–H groups in total. The molecule has 8 heteroatoms. The fraction of sp³-hybridized carbons (Fsp3) is 0.276. The van der Waals surface area contributed by atoms with Crippen LogP contribution in [0.4, 0.5) is 11.4 Å². The summed E-state index contributed by atoms with van der Waals surface area (Å²) in [4.78, 5) is 30.2. The van der Waals surface area contributed by atoms with Crippen LogP contribution < -0.4 is 15.1 Å². The molecule has 0 unspecified atom stereocenters. The van der Waals surface area contributed by atoms with Crippen molar-refractivity contribution in [2.75, 3.05) is 36.1 Å². The molecule has 7 nitrogen and oxygen atoms in total. The number of thiocarbonyl (C=S) groups is 1. The first-order chi connectivity index (χ1) is 17.8. The monoisotopic (exact) mass is 514 g/mol. The van der Waals surface area contributed by atoms with Gasteiger partial charge in [0, 0.05) is 35.9 Å². The van der Waals surface area contributed by atoms with Gasteiger partial charge in [-0.25, -0.2) is 0 Å². The standard InChI is InChI=1S/C29H30N4O3S/c1-18-6-5-7-26(20(18)3)33-28(35)25(27(34)30-29(33)37)17-22-16-19(2)32(21(22)4)24-10-8-23(9-11-24)31-12-14-36-15-13-31/h5-11,16-17H,12-15H2,1-4H3,(H,30,34,37)/b25-17+. The van der Waals surface area contributed by atoms with E-state index in [1.807, 2.05) is 52.0 Å². The van der Waals surface area contributed by atoms with E-state index in [9.17, 15) is 9.59 Å². The Hall–Kier alpha value is -3.75. The average molecular weight is 515 g/mol. The molecule has 190 valence electrons. The Labute approximate surface area is 222 Å². The van der Waals surface area contributed by atoms with Crippen molar-refractivity contribution in [3.8, 4) is 5.69 Å². The molecule has 0 bridgehead atoms. The summed E-state index contributed by atoms with van der Waals surface area (Å²) < 4.78 is 7.59. The Bertz CT molecular complexity index is 1430. The zero-order valence-electron chi connectivity index (χ0n) is 21.5. The number of aryl methyl sites for hydroxylation is 2. The fourth-order valence-electron chi connectivity index (χ4n) is 4.97. The summed E-state index contributed by atoms with van der Waals surface area (Å²) in [5.41, 5.74) is 7.65. The van der Waals surface area contributed by atoms with Crippen molar-refractivity contribution in [2.24, 2.45) is 0 Å². The van der Waals surface area contributed by atoms with Gasteiger partial charge in [-0.15, -0.1) is 0 Å². The normalized spacial score (nSPS) is 17.5. The number of nitrogens with one attached hydrogen (secondary N) is 1. The number of nitrogens with zero attached hydrogens (tertiary/aromatic N) is 3. The molecular formula is C29H30N4O3S. The van der Waals surface area contributed by atoms with Crippen molar-refractivity contribution in [3.05, 3.63) is 82.2 Å². The summed E-state index contributed by atoms with van der Waals surface area (Å²) in [6.07, 6.45) is 1.67. The van der Waals surface area contributed by atoms with E-state index in [1.165, 1.54) is 10.6 Å². The molecule has 0 aliphatic carbocycles. The quantitative estimate of drug-likeness (QED) is 0.318. The molecule has 0 spiro atoms. The van der Waals surface area contributed by atoms with E-state index < -0.39 is 11.8 Å². The van der Waals surface area contributed by atoms with Crippen molar-refractivity contribution in [3.63, 3.8) is 0 Å². The number of amides is 2. The molecule has 2 fully saturated rings. The Balaban J connectivity index is 1.48. The van der Waals surface area contributed by atoms with Gasteiger partial charge in [-0.05, 0) is 99.1 Å². The van der Waals surface area contributed by atoms with Crippen LogP contribution in [0.25, 0.3) is 11.8 Å². The highest BCUT2D eigenvalue weighted by atomic mass is 32.1. The highest BCUT2D eigenvalue weighted by Gasteiger charge is 2.35. The topological polar surface area (TPSA) is 66.8 Å². The SMILES string of the molecule is Cc1cccc(N2C(=O)/C(=C/c3cc(C)n(-c4ccc(N5CCOCC5)cc4)c3C)C(=O)NC2=S)c1C. The third-order valence-electron chi connectivity index (χ3n) is 7.17. The van der Waals surface area contributed by atoms with E-state index in [0.717, 1.165) is 60.1 Å². The molecule has 3 aromatic rings. The Morgan fingerprint density at radius 3 is 2.32 bits per heavy atom. The third-order valence-corrected chi connectivity index (χ3v) is 7.46. The summed E-state index contributed by atoms with van der Waals surface area (Å²) in [7, 11) is 0. The molecule has 1 aromatic heterocycles. The van der Waals surface area contributed by atoms with Crippen LogP contribution >= 0.6 is 12.2 Å². The summed E-state index contributed by atoms with van der Waals surface area (Å²) in [5.74, 6) is -0.918. The lowest BCUT2D eigenvalue weighted by Gasteiger charge is -2.30. The number of hydrogen-bond donors (Lipinski definition) is 1. The number of aromatic nitrogens is 1. The van der Waals surface area contributed by atoms with Gasteiger partial charge < -0.3 is 14.2 Å². The number of carbonyl (C=O) groups is 2. The molecule has 0 radical (unpaired) electrons. The van der Waals surface area contributed by atoms with E-state index in [2.05, 4.69) is 39.0 Å². The van der Waals surface area contributed by atoms with Gasteiger partial charge in [0.05, 0.1) is 18.9 Å². The van der Waals surface area contributed by atoms with Crippen LogP contribution in [0.15, 0.2) is 54.1 Å². The zero-order valence-corrected chi connectivity index (χ0v) is 22.3. The molecule has 2 saturated heterocycles. The van der Waals surface area contributed by atoms with Crippen molar-refractivity contribution in [2.45, 2.75) is 27.7 Å². The lowest BCUT2D eigenvalue weighted by Crippen LogP contribution is -2.54. The molecule has 3 heterocycles. The molecule has 0 atom stereocenters. The molecular weight excluding hydrogens is 484 g/mol. The van der Waals surface area contributed by atoms with Crippen LogP contribution in [0.3, 0.4) is 0 Å². The van der Waals surface area contributed by atoms with E-state index in [4.69, 9.17) is 17.0 Å². The Kier molecular flexibility index (Phi) is 6.70. The second-order valence-corrected chi connectivity index (χ2v) is 9.84. The minimum Gasteiger partial charge on any atom is -0.378 e. The molecule has 2 aromatic carbocycles. The maximum absolute atomic E-state index is 13.6. The fourth-order valence-corrected chi connectivity index (χ4v) is 5.25. The van der Waals surface area contributed by atoms with Gasteiger partial charge in [-0.1, -0.05) is 12.1 Å². The predicted molar refractivity (Wildman–Crippen MR) is 150 cm³/mol. The van der Waals surface area contributed by atoms with Crippen LogP contribution in [-0.2, 0) is 14.3 Å². The van der Waals surface area contributed by atoms with Crippen LogP contribution in [0.1, 0.15) is 28.1 Å². The zero-order chi connectivity index (χ0) is 26.3. The molecule has 37 heavy (non-hydrogen) atoms. The Morgan fingerprint density at radius 1 is 0.946 bits per heavy atom. The number of carbonyl (C=O) groups excluding carboxylic acids is 2. The van der Waals surface area contributed by atoms with Gasteiger partial charge >= 0.3 is 0 Å². The minimum atomic E-state index is -0.490. The van der Waals surface area contributed by atoms with Crippen LogP contribution in [-0.4, -0.2) is 47.8 Å². The van der Waals surface area contributed by atoms with Crippen molar-refractivity contribution in [1.82, 2.24) is 9.88 Å². The lowest BCUT2D eigenvalue weighted by atomic mass is 10.0. The smallest absolute Gasteiger partial charge is 0.270 e. The first kappa shape index (κ1) is 24.9. The van der Waals surface area contributed by atoms with Gasteiger partial charge in [0.2, 0.25) is 0 Å². The summed E-state index contributed by atoms with van der Waals surface area (Å²) >= 11 is 5.39. The van der Waals surface area contributed by atoms with Gasteiger partial charge in [0.25, 0.3) is 11.8 Å². The second kappa shape index (κ2) is 9.95. The first-order valence-electron chi connectivity index (χ1n) is 12.4. The number of morpholine rings is 1. The second-order valence-electron chi connectivity index (χ2n) is 9.45. The number of benzene rings is 2. The van der Waals surface area contributed by atoms with E-state index in [0.29, 0.717) is 5.69 Å². The molecule has 0 saturated carbocycles. The highest BCUT2D eigenvalue weighted by Crippen LogP contribution is 2.29. The van der Waals surface area contributed by atoms with Crippen LogP contribution in [0, 0.1) is 27.7 Å². The number of ether oxygens (including phenoxy) is 1. The predicted octanol–water partition coefficient (Wildman–Crippen LogP) is 4.38. The van der Waals surface area contributed by atoms with E-state index >= 15 is 0 Å². The van der Waals surface area contributed by atoms with Gasteiger partial charge in [-0.2, -0.15) is 0 Å². The van der Waals surface area contributed by atoms with Gasteiger partial charge in [-0.3, -0.25) is 19.8 Å². The van der Waals surface area contributed by atoms with Crippen molar-refractivity contribution in [1.29, 1.82) is 0 Å². The van der Waals surface area contributed by atoms with Gasteiger partial charge in [0.15, 0.2) is 5.11 Å². The third kappa shape index (κ3) is 4.58. The van der Waals surface area contributed by atoms with Gasteiger partial charge in [0.1, 0.15) is 5.57 Å².